The molecular weight excluding hydrogens is 328 g/mol. The molecule has 0 fully saturated rings. The Morgan fingerprint density at radius 3 is 2.42 bits per heavy atom. The molecule has 0 saturated carbocycles. The van der Waals surface area contributed by atoms with Crippen molar-refractivity contribution in [2.75, 3.05) is 6.54 Å². The van der Waals surface area contributed by atoms with Crippen LogP contribution in [0.3, 0.4) is 0 Å². The molecule has 1 amide bonds. The van der Waals surface area contributed by atoms with Crippen LogP contribution >= 0.6 is 0 Å². The van der Waals surface area contributed by atoms with E-state index < -0.39 is 6.10 Å². The van der Waals surface area contributed by atoms with E-state index >= 15 is 0 Å². The standard InChI is InChI=1S/C21H20N2O3/c1-14(24)21(25)23-12-11-19-18(13-23)20(22-26-19)17-9-7-16(8-10-17)15-5-3-2-4-6-15/h2-10,14,24H,11-13H2,1H3/t14-/m0/s1. The second-order valence-corrected chi connectivity index (χ2v) is 6.56. The van der Waals surface area contributed by atoms with Crippen LogP contribution in [0.25, 0.3) is 22.4 Å². The van der Waals surface area contributed by atoms with Crippen molar-refractivity contribution < 1.29 is 14.4 Å². The van der Waals surface area contributed by atoms with Crippen molar-refractivity contribution in [1.29, 1.82) is 0 Å². The number of amides is 1. The minimum absolute atomic E-state index is 0.262. The van der Waals surface area contributed by atoms with E-state index in [4.69, 9.17) is 4.52 Å². The topological polar surface area (TPSA) is 66.6 Å². The minimum Gasteiger partial charge on any atom is -0.384 e. The fourth-order valence-corrected chi connectivity index (χ4v) is 3.34. The molecule has 3 aromatic rings. The van der Waals surface area contributed by atoms with Gasteiger partial charge in [-0.05, 0) is 18.1 Å². The number of benzene rings is 2. The van der Waals surface area contributed by atoms with Gasteiger partial charge in [0.05, 0.1) is 6.54 Å². The SMILES string of the molecule is C[C@H](O)C(=O)N1CCc2onc(-c3ccc(-c4ccccc4)cc3)c2C1. The van der Waals surface area contributed by atoms with Crippen LogP contribution in [0.15, 0.2) is 59.1 Å². The summed E-state index contributed by atoms with van der Waals surface area (Å²) >= 11 is 0. The highest BCUT2D eigenvalue weighted by atomic mass is 16.5. The number of hydrogen-bond acceptors (Lipinski definition) is 4. The second-order valence-electron chi connectivity index (χ2n) is 6.56. The third-order valence-corrected chi connectivity index (χ3v) is 4.76. The first-order chi connectivity index (χ1) is 12.6. The Morgan fingerprint density at radius 2 is 1.73 bits per heavy atom. The summed E-state index contributed by atoms with van der Waals surface area (Å²) in [5, 5.41) is 13.8. The summed E-state index contributed by atoms with van der Waals surface area (Å²) in [6.07, 6.45) is -0.381. The number of aliphatic hydroxyl groups excluding tert-OH is 1. The number of aliphatic hydroxyl groups is 1. The van der Waals surface area contributed by atoms with Crippen molar-refractivity contribution in [2.24, 2.45) is 0 Å². The van der Waals surface area contributed by atoms with Crippen LogP contribution in [-0.4, -0.2) is 33.7 Å². The second kappa shape index (κ2) is 6.77. The molecule has 1 aliphatic heterocycles. The molecule has 0 saturated heterocycles. The minimum atomic E-state index is -0.995. The first kappa shape index (κ1) is 16.5. The highest BCUT2D eigenvalue weighted by Gasteiger charge is 2.29. The number of carbonyl (C=O) groups is 1. The number of hydrogen-bond donors (Lipinski definition) is 1. The summed E-state index contributed by atoms with van der Waals surface area (Å²) < 4.78 is 5.49. The van der Waals surface area contributed by atoms with Crippen LogP contribution in [0.1, 0.15) is 18.2 Å². The van der Waals surface area contributed by atoms with E-state index in [1.807, 2.05) is 30.3 Å². The van der Waals surface area contributed by atoms with Gasteiger partial charge in [0.25, 0.3) is 5.91 Å². The Bertz CT molecular complexity index is 914. The van der Waals surface area contributed by atoms with Crippen LogP contribution in [0.4, 0.5) is 0 Å². The Hall–Kier alpha value is -2.92. The van der Waals surface area contributed by atoms with Crippen molar-refractivity contribution in [3.05, 3.63) is 65.9 Å². The largest absolute Gasteiger partial charge is 0.384 e. The summed E-state index contributed by atoms with van der Waals surface area (Å²) in [5.74, 6) is 0.559. The average Bonchev–Trinajstić information content (AvgIpc) is 3.11. The average molecular weight is 348 g/mol. The summed E-state index contributed by atoms with van der Waals surface area (Å²) in [7, 11) is 0. The molecular formula is C21H20N2O3. The van der Waals surface area contributed by atoms with Crippen molar-refractivity contribution in [2.45, 2.75) is 26.0 Å². The Morgan fingerprint density at radius 1 is 1.08 bits per heavy atom. The van der Waals surface area contributed by atoms with Crippen LogP contribution in [0.5, 0.6) is 0 Å². The predicted octanol–water partition coefficient (Wildman–Crippen LogP) is 3.27. The zero-order valence-electron chi connectivity index (χ0n) is 14.6. The van der Waals surface area contributed by atoms with Crippen LogP contribution in [0, 0.1) is 0 Å². The molecule has 2 heterocycles. The van der Waals surface area contributed by atoms with E-state index in [-0.39, 0.29) is 5.91 Å². The zero-order chi connectivity index (χ0) is 18.1. The van der Waals surface area contributed by atoms with Crippen LogP contribution in [-0.2, 0) is 17.8 Å². The molecule has 1 aliphatic rings. The molecule has 5 nitrogen and oxygen atoms in total. The molecule has 1 aromatic heterocycles. The molecule has 0 aliphatic carbocycles. The normalized spacial score (nSPS) is 14.8. The number of nitrogens with zero attached hydrogens (tertiary/aromatic N) is 2. The predicted molar refractivity (Wildman–Crippen MR) is 98.2 cm³/mol. The quantitative estimate of drug-likeness (QED) is 0.789. The molecule has 132 valence electrons. The molecule has 1 N–H and O–H groups in total. The lowest BCUT2D eigenvalue weighted by Crippen LogP contribution is -2.40. The van der Waals surface area contributed by atoms with Crippen LogP contribution < -0.4 is 0 Å². The van der Waals surface area contributed by atoms with Gasteiger partial charge in [0, 0.05) is 24.1 Å². The maximum atomic E-state index is 12.1. The van der Waals surface area contributed by atoms with Gasteiger partial charge in [0.1, 0.15) is 17.6 Å². The van der Waals surface area contributed by atoms with E-state index in [2.05, 4.69) is 29.4 Å². The summed E-state index contributed by atoms with van der Waals surface area (Å²) in [5.41, 5.74) is 4.95. The molecule has 2 aromatic carbocycles. The first-order valence-electron chi connectivity index (χ1n) is 8.73. The van der Waals surface area contributed by atoms with E-state index in [9.17, 15) is 9.90 Å². The summed E-state index contributed by atoms with van der Waals surface area (Å²) in [6.45, 7) is 2.45. The van der Waals surface area contributed by atoms with Crippen molar-refractivity contribution in [1.82, 2.24) is 10.1 Å². The maximum absolute atomic E-state index is 12.1. The molecule has 5 heteroatoms. The third kappa shape index (κ3) is 3.02. The van der Waals surface area contributed by atoms with Gasteiger partial charge in [-0.3, -0.25) is 4.79 Å². The molecule has 4 rings (SSSR count). The number of fused-ring (bicyclic) bond motifs is 1. The monoisotopic (exact) mass is 348 g/mol. The van der Waals surface area contributed by atoms with Gasteiger partial charge in [0.2, 0.25) is 0 Å². The molecule has 0 unspecified atom stereocenters. The lowest BCUT2D eigenvalue weighted by Gasteiger charge is -2.27. The zero-order valence-corrected chi connectivity index (χ0v) is 14.6. The first-order valence-corrected chi connectivity index (χ1v) is 8.73. The Balaban J connectivity index is 1.62. The third-order valence-electron chi connectivity index (χ3n) is 4.76. The molecule has 0 bridgehead atoms. The lowest BCUT2D eigenvalue weighted by molar-refractivity contribution is -0.140. The van der Waals surface area contributed by atoms with E-state index in [1.165, 1.54) is 6.92 Å². The smallest absolute Gasteiger partial charge is 0.251 e. The van der Waals surface area contributed by atoms with Gasteiger partial charge in [-0.25, -0.2) is 0 Å². The summed E-state index contributed by atoms with van der Waals surface area (Å²) in [6, 6.07) is 18.4. The van der Waals surface area contributed by atoms with Gasteiger partial charge >= 0.3 is 0 Å². The van der Waals surface area contributed by atoms with Gasteiger partial charge in [-0.2, -0.15) is 0 Å². The number of aromatic nitrogens is 1. The molecule has 1 atom stereocenters. The van der Waals surface area contributed by atoms with Gasteiger partial charge < -0.3 is 14.5 Å². The highest BCUT2D eigenvalue weighted by Crippen LogP contribution is 2.31. The number of carbonyl (C=O) groups excluding carboxylic acids is 1. The van der Waals surface area contributed by atoms with Gasteiger partial charge in [0.15, 0.2) is 0 Å². The van der Waals surface area contributed by atoms with Gasteiger partial charge in [-0.15, -0.1) is 0 Å². The van der Waals surface area contributed by atoms with E-state index in [0.717, 1.165) is 33.7 Å². The fourth-order valence-electron chi connectivity index (χ4n) is 3.34. The van der Waals surface area contributed by atoms with E-state index in [0.29, 0.717) is 19.5 Å². The van der Waals surface area contributed by atoms with E-state index in [1.54, 1.807) is 4.90 Å². The Kier molecular flexibility index (Phi) is 4.31. The molecule has 0 spiro atoms. The van der Waals surface area contributed by atoms with Crippen LogP contribution in [0.2, 0.25) is 0 Å². The number of rotatable bonds is 3. The molecule has 0 radical (unpaired) electrons. The Labute approximate surface area is 151 Å². The maximum Gasteiger partial charge on any atom is 0.251 e. The molecule has 26 heavy (non-hydrogen) atoms. The van der Waals surface area contributed by atoms with Crippen molar-refractivity contribution in [3.8, 4) is 22.4 Å². The van der Waals surface area contributed by atoms with Gasteiger partial charge in [-0.1, -0.05) is 59.8 Å². The highest BCUT2D eigenvalue weighted by molar-refractivity contribution is 5.81. The van der Waals surface area contributed by atoms with Crippen molar-refractivity contribution >= 4 is 5.91 Å². The summed E-state index contributed by atoms with van der Waals surface area (Å²) in [4.78, 5) is 13.8. The fraction of sp³-hybridized carbons (Fsp3) is 0.238. The lowest BCUT2D eigenvalue weighted by atomic mass is 9.98. The van der Waals surface area contributed by atoms with Crippen molar-refractivity contribution in [3.63, 3.8) is 0 Å².